The number of hydrogen-bond donors (Lipinski definition) is 0. The van der Waals surface area contributed by atoms with Crippen LogP contribution in [0.15, 0.2) is 23.0 Å². The molecule has 1 aliphatic carbocycles. The quantitative estimate of drug-likeness (QED) is 0.826. The van der Waals surface area contributed by atoms with Crippen LogP contribution in [0.3, 0.4) is 0 Å². The molecule has 1 aromatic heterocycles. The molecule has 1 saturated heterocycles. The summed E-state index contributed by atoms with van der Waals surface area (Å²) in [5, 5.41) is 4.66. The van der Waals surface area contributed by atoms with Gasteiger partial charge in [0.15, 0.2) is 0 Å². The van der Waals surface area contributed by atoms with Crippen LogP contribution < -0.4 is 5.69 Å². The molecule has 0 amide bonds. The maximum Gasteiger partial charge on any atom is 0.345 e. The number of likely N-dealkylation sites (tertiary alicyclic amines) is 1. The second kappa shape index (κ2) is 7.63. The van der Waals surface area contributed by atoms with E-state index in [0.29, 0.717) is 12.0 Å². The van der Waals surface area contributed by atoms with Crippen molar-refractivity contribution in [2.24, 2.45) is 7.05 Å². The lowest BCUT2D eigenvalue weighted by molar-refractivity contribution is 0.198. The first-order valence-electron chi connectivity index (χ1n) is 10.5. The fourth-order valence-corrected chi connectivity index (χ4v) is 4.84. The van der Waals surface area contributed by atoms with Gasteiger partial charge in [0.2, 0.25) is 0 Å². The van der Waals surface area contributed by atoms with Crippen LogP contribution in [0.1, 0.15) is 73.0 Å². The molecule has 1 saturated carbocycles. The summed E-state index contributed by atoms with van der Waals surface area (Å²) in [6, 6.07) is 7.10. The Kier molecular flexibility index (Phi) is 5.22. The molecule has 5 nitrogen and oxygen atoms in total. The molecule has 0 spiro atoms. The van der Waals surface area contributed by atoms with Crippen LogP contribution in [0.4, 0.5) is 0 Å². The number of nitrogens with zero attached hydrogens (tertiary/aromatic N) is 4. The summed E-state index contributed by atoms with van der Waals surface area (Å²) in [4.78, 5) is 15.2. The Labute approximate surface area is 162 Å². The van der Waals surface area contributed by atoms with E-state index in [2.05, 4.69) is 42.0 Å². The summed E-state index contributed by atoms with van der Waals surface area (Å²) >= 11 is 0. The minimum absolute atomic E-state index is 0.0784. The van der Waals surface area contributed by atoms with Crippen molar-refractivity contribution in [3.63, 3.8) is 0 Å². The molecule has 146 valence electrons. The summed E-state index contributed by atoms with van der Waals surface area (Å²) in [5.74, 6) is 1.45. The highest BCUT2D eigenvalue weighted by atomic mass is 16.2. The van der Waals surface area contributed by atoms with Crippen LogP contribution in [0.5, 0.6) is 0 Å². The molecule has 27 heavy (non-hydrogen) atoms. The third kappa shape index (κ3) is 3.75. The largest absolute Gasteiger partial charge is 0.345 e. The van der Waals surface area contributed by atoms with E-state index in [1.807, 2.05) is 4.57 Å². The van der Waals surface area contributed by atoms with Gasteiger partial charge < -0.3 is 0 Å². The Morgan fingerprint density at radius 1 is 1.07 bits per heavy atom. The molecular weight excluding hydrogens is 336 g/mol. The van der Waals surface area contributed by atoms with Crippen LogP contribution in [-0.2, 0) is 13.6 Å². The summed E-state index contributed by atoms with van der Waals surface area (Å²) < 4.78 is 3.59. The number of piperidine rings is 1. The van der Waals surface area contributed by atoms with Gasteiger partial charge in [0.25, 0.3) is 0 Å². The molecule has 4 rings (SSSR count). The average molecular weight is 369 g/mol. The summed E-state index contributed by atoms with van der Waals surface area (Å²) in [5.41, 5.74) is 4.23. The van der Waals surface area contributed by atoms with Crippen molar-refractivity contribution in [1.82, 2.24) is 19.2 Å². The third-order valence-corrected chi connectivity index (χ3v) is 6.52. The average Bonchev–Trinajstić information content (AvgIpc) is 3.28. The highest BCUT2D eigenvalue weighted by Crippen LogP contribution is 2.33. The smallest absolute Gasteiger partial charge is 0.299 e. The number of aromatic nitrogens is 3. The summed E-state index contributed by atoms with van der Waals surface area (Å²) in [6.07, 6.45) is 6.91. The first kappa shape index (κ1) is 18.5. The number of aryl methyl sites for hydroxylation is 3. The minimum atomic E-state index is 0.0784. The SMILES string of the molecule is Cc1ccc(C)c(CN2CCC(c3nn(C)c(=O)n3C3CCCC3)CC2)c1. The lowest BCUT2D eigenvalue weighted by Gasteiger charge is -2.32. The van der Waals surface area contributed by atoms with Gasteiger partial charge in [-0.1, -0.05) is 36.6 Å². The molecule has 0 atom stereocenters. The normalized spacial score (nSPS) is 19.8. The molecule has 2 fully saturated rings. The molecule has 2 aliphatic rings. The molecule has 1 aliphatic heterocycles. The topological polar surface area (TPSA) is 43.1 Å². The Bertz CT molecular complexity index is 852. The second-order valence-electron chi connectivity index (χ2n) is 8.55. The van der Waals surface area contributed by atoms with E-state index in [1.165, 1.54) is 29.5 Å². The van der Waals surface area contributed by atoms with Gasteiger partial charge in [-0.15, -0.1) is 0 Å². The fraction of sp³-hybridized carbons (Fsp3) is 0.636. The Morgan fingerprint density at radius 3 is 2.48 bits per heavy atom. The van der Waals surface area contributed by atoms with Crippen LogP contribution >= 0.6 is 0 Å². The molecule has 0 N–H and O–H groups in total. The van der Waals surface area contributed by atoms with E-state index in [-0.39, 0.29) is 5.69 Å². The van der Waals surface area contributed by atoms with Gasteiger partial charge in [-0.05, 0) is 63.7 Å². The molecular formula is C22H32N4O. The van der Waals surface area contributed by atoms with E-state index < -0.39 is 0 Å². The van der Waals surface area contributed by atoms with Gasteiger partial charge in [0, 0.05) is 25.6 Å². The van der Waals surface area contributed by atoms with Crippen LogP contribution in [0.25, 0.3) is 0 Å². The molecule has 0 radical (unpaired) electrons. The highest BCUT2D eigenvalue weighted by molar-refractivity contribution is 5.30. The van der Waals surface area contributed by atoms with Crippen molar-refractivity contribution >= 4 is 0 Å². The van der Waals surface area contributed by atoms with E-state index in [9.17, 15) is 4.79 Å². The summed E-state index contributed by atoms with van der Waals surface area (Å²) in [6.45, 7) is 7.55. The van der Waals surface area contributed by atoms with Gasteiger partial charge in [-0.2, -0.15) is 5.10 Å². The van der Waals surface area contributed by atoms with Crippen molar-refractivity contribution in [2.75, 3.05) is 13.1 Å². The standard InChI is InChI=1S/C22H32N4O/c1-16-8-9-17(2)19(14-16)15-25-12-10-18(11-13-25)21-23-24(3)22(27)26(21)20-6-4-5-7-20/h8-9,14,18,20H,4-7,10-13,15H2,1-3H3. The molecule has 0 bridgehead atoms. The Hall–Kier alpha value is -1.88. The van der Waals surface area contributed by atoms with E-state index in [1.54, 1.807) is 11.7 Å². The van der Waals surface area contributed by atoms with Gasteiger partial charge in [-0.25, -0.2) is 9.48 Å². The zero-order chi connectivity index (χ0) is 19.0. The van der Waals surface area contributed by atoms with E-state index in [0.717, 1.165) is 51.1 Å². The molecule has 5 heteroatoms. The Morgan fingerprint density at radius 2 is 1.78 bits per heavy atom. The Balaban J connectivity index is 1.46. The lowest BCUT2D eigenvalue weighted by atomic mass is 9.94. The molecule has 2 heterocycles. The fourth-order valence-electron chi connectivity index (χ4n) is 4.84. The van der Waals surface area contributed by atoms with Crippen LogP contribution in [0.2, 0.25) is 0 Å². The number of rotatable bonds is 4. The monoisotopic (exact) mass is 368 g/mol. The maximum absolute atomic E-state index is 12.6. The van der Waals surface area contributed by atoms with Gasteiger partial charge in [-0.3, -0.25) is 9.47 Å². The first-order chi connectivity index (χ1) is 13.0. The van der Waals surface area contributed by atoms with Crippen molar-refractivity contribution in [3.05, 3.63) is 51.2 Å². The first-order valence-corrected chi connectivity index (χ1v) is 10.5. The van der Waals surface area contributed by atoms with E-state index >= 15 is 0 Å². The molecule has 2 aromatic rings. The predicted molar refractivity (Wildman–Crippen MR) is 108 cm³/mol. The number of benzene rings is 1. The molecule has 1 aromatic carbocycles. The van der Waals surface area contributed by atoms with Crippen molar-refractivity contribution < 1.29 is 0 Å². The molecule has 0 unspecified atom stereocenters. The summed E-state index contributed by atoms with van der Waals surface area (Å²) in [7, 11) is 1.80. The lowest BCUT2D eigenvalue weighted by Crippen LogP contribution is -2.34. The van der Waals surface area contributed by atoms with Crippen molar-refractivity contribution in [3.8, 4) is 0 Å². The predicted octanol–water partition coefficient (Wildman–Crippen LogP) is 3.69. The van der Waals surface area contributed by atoms with Gasteiger partial charge in [0.1, 0.15) is 5.82 Å². The minimum Gasteiger partial charge on any atom is -0.299 e. The van der Waals surface area contributed by atoms with Gasteiger partial charge >= 0.3 is 5.69 Å². The maximum atomic E-state index is 12.6. The van der Waals surface area contributed by atoms with Crippen LogP contribution in [-0.4, -0.2) is 32.3 Å². The van der Waals surface area contributed by atoms with Gasteiger partial charge in [0.05, 0.1) is 0 Å². The number of hydrogen-bond acceptors (Lipinski definition) is 3. The van der Waals surface area contributed by atoms with Crippen molar-refractivity contribution in [2.45, 2.75) is 70.9 Å². The van der Waals surface area contributed by atoms with Crippen molar-refractivity contribution in [1.29, 1.82) is 0 Å². The van der Waals surface area contributed by atoms with E-state index in [4.69, 9.17) is 0 Å². The third-order valence-electron chi connectivity index (χ3n) is 6.52. The zero-order valence-electron chi connectivity index (χ0n) is 16.9. The second-order valence-corrected chi connectivity index (χ2v) is 8.55. The zero-order valence-corrected chi connectivity index (χ0v) is 16.9. The van der Waals surface area contributed by atoms with Crippen LogP contribution in [0, 0.1) is 13.8 Å². The highest BCUT2D eigenvalue weighted by Gasteiger charge is 2.30.